The number of ketones is 1. The van der Waals surface area contributed by atoms with Crippen LogP contribution in [0.25, 0.3) is 0 Å². The van der Waals surface area contributed by atoms with Crippen molar-refractivity contribution >= 4 is 5.78 Å². The van der Waals surface area contributed by atoms with Gasteiger partial charge in [-0.2, -0.15) is 0 Å². The Morgan fingerprint density at radius 2 is 1.89 bits per heavy atom. The molecule has 2 N–H and O–H groups in total. The van der Waals surface area contributed by atoms with Gasteiger partial charge in [0.15, 0.2) is 5.78 Å². The van der Waals surface area contributed by atoms with Crippen LogP contribution in [0.4, 0.5) is 0 Å². The normalized spacial score (nSPS) is 13.0. The summed E-state index contributed by atoms with van der Waals surface area (Å²) in [6.07, 6.45) is 0. The Kier molecular flexibility index (Phi) is 4.73. The van der Waals surface area contributed by atoms with E-state index in [4.69, 9.17) is 0 Å². The van der Waals surface area contributed by atoms with E-state index in [1.165, 1.54) is 18.2 Å². The second-order valence-electron chi connectivity index (χ2n) is 5.02. The van der Waals surface area contributed by atoms with E-state index in [9.17, 15) is 15.0 Å². The predicted octanol–water partition coefficient (Wildman–Crippen LogP) is 2.26. The van der Waals surface area contributed by atoms with Crippen LogP contribution in [-0.4, -0.2) is 40.5 Å². The Bertz CT molecular complexity index is 429. The molecule has 1 rings (SSSR count). The first-order chi connectivity index (χ1) is 8.32. The zero-order valence-electron chi connectivity index (χ0n) is 11.3. The molecule has 1 unspecified atom stereocenters. The lowest BCUT2D eigenvalue weighted by molar-refractivity contribution is 0.0904. The molecule has 100 valence electrons. The standard InChI is InChI=1S/C14H21NO3/c1-9(2)10(3)15(4)8-14(18)12-6-5-11(16)7-13(12)17/h5-7,9-10,16-17H,8H2,1-4H3. The molecule has 0 aliphatic heterocycles. The van der Waals surface area contributed by atoms with Crippen molar-refractivity contribution < 1.29 is 15.0 Å². The molecule has 4 nitrogen and oxygen atoms in total. The van der Waals surface area contributed by atoms with Crippen molar-refractivity contribution in [1.29, 1.82) is 0 Å². The summed E-state index contributed by atoms with van der Waals surface area (Å²) in [5, 5.41) is 18.8. The smallest absolute Gasteiger partial charge is 0.180 e. The van der Waals surface area contributed by atoms with Crippen LogP contribution in [0.3, 0.4) is 0 Å². The van der Waals surface area contributed by atoms with Gasteiger partial charge in [0.05, 0.1) is 12.1 Å². The molecule has 4 heteroatoms. The van der Waals surface area contributed by atoms with Gasteiger partial charge in [0.25, 0.3) is 0 Å². The molecule has 1 aromatic carbocycles. The quantitative estimate of drug-likeness (QED) is 0.788. The monoisotopic (exact) mass is 251 g/mol. The summed E-state index contributed by atoms with van der Waals surface area (Å²) in [5.41, 5.74) is 0.246. The summed E-state index contributed by atoms with van der Waals surface area (Å²) in [6.45, 7) is 6.51. The van der Waals surface area contributed by atoms with Crippen molar-refractivity contribution in [3.8, 4) is 11.5 Å². The van der Waals surface area contributed by atoms with Crippen molar-refractivity contribution in [1.82, 2.24) is 4.90 Å². The maximum atomic E-state index is 12.0. The van der Waals surface area contributed by atoms with Crippen LogP contribution in [0, 0.1) is 5.92 Å². The third-order valence-electron chi connectivity index (χ3n) is 3.33. The Morgan fingerprint density at radius 1 is 1.28 bits per heavy atom. The molecule has 0 fully saturated rings. The van der Waals surface area contributed by atoms with Gasteiger partial charge in [-0.3, -0.25) is 9.69 Å². The SMILES string of the molecule is CC(C)C(C)N(C)CC(=O)c1ccc(O)cc1O. The molecule has 0 spiro atoms. The molecule has 0 aliphatic rings. The first-order valence-electron chi connectivity index (χ1n) is 6.08. The average Bonchev–Trinajstić information content (AvgIpc) is 2.27. The first kappa shape index (κ1) is 14.5. The molecule has 0 saturated heterocycles. The van der Waals surface area contributed by atoms with Crippen LogP contribution < -0.4 is 0 Å². The number of phenolic OH excluding ortho intramolecular Hbond substituents is 2. The fourth-order valence-electron chi connectivity index (χ4n) is 1.72. The molecule has 18 heavy (non-hydrogen) atoms. The van der Waals surface area contributed by atoms with Gasteiger partial charge in [-0.1, -0.05) is 13.8 Å². The molecular weight excluding hydrogens is 230 g/mol. The van der Waals surface area contributed by atoms with Crippen molar-refractivity contribution in [2.45, 2.75) is 26.8 Å². The summed E-state index contributed by atoms with van der Waals surface area (Å²) in [7, 11) is 1.89. The van der Waals surface area contributed by atoms with E-state index < -0.39 is 0 Å². The number of hydrogen-bond donors (Lipinski definition) is 2. The lowest BCUT2D eigenvalue weighted by Crippen LogP contribution is -2.37. The van der Waals surface area contributed by atoms with Gasteiger partial charge in [-0.25, -0.2) is 0 Å². The fourth-order valence-corrected chi connectivity index (χ4v) is 1.72. The number of rotatable bonds is 5. The number of phenols is 2. The van der Waals surface area contributed by atoms with E-state index in [0.29, 0.717) is 5.92 Å². The largest absolute Gasteiger partial charge is 0.508 e. The van der Waals surface area contributed by atoms with E-state index >= 15 is 0 Å². The number of likely N-dealkylation sites (N-methyl/N-ethyl adjacent to an activating group) is 1. The maximum Gasteiger partial charge on any atom is 0.180 e. The van der Waals surface area contributed by atoms with E-state index in [1.807, 2.05) is 11.9 Å². The van der Waals surface area contributed by atoms with Crippen molar-refractivity contribution in [3.63, 3.8) is 0 Å². The van der Waals surface area contributed by atoms with Crippen LogP contribution in [0.5, 0.6) is 11.5 Å². The summed E-state index contributed by atoms with van der Waals surface area (Å²) in [5.74, 6) is 0.0808. The minimum atomic E-state index is -0.175. The lowest BCUT2D eigenvalue weighted by atomic mass is 10.0. The Labute approximate surface area is 108 Å². The molecule has 0 aliphatic carbocycles. The van der Waals surface area contributed by atoms with E-state index in [1.54, 1.807) is 0 Å². The second kappa shape index (κ2) is 5.87. The predicted molar refractivity (Wildman–Crippen MR) is 71.0 cm³/mol. The third kappa shape index (κ3) is 3.47. The van der Waals surface area contributed by atoms with E-state index in [0.717, 1.165) is 0 Å². The Hall–Kier alpha value is -1.55. The molecule has 0 heterocycles. The summed E-state index contributed by atoms with van der Waals surface area (Å²) in [4.78, 5) is 14.0. The number of hydrogen-bond acceptors (Lipinski definition) is 4. The number of nitrogens with zero attached hydrogens (tertiary/aromatic N) is 1. The van der Waals surface area contributed by atoms with Crippen LogP contribution in [0.15, 0.2) is 18.2 Å². The van der Waals surface area contributed by atoms with E-state index in [-0.39, 0.29) is 35.4 Å². The minimum Gasteiger partial charge on any atom is -0.508 e. The Balaban J connectivity index is 2.76. The van der Waals surface area contributed by atoms with Crippen LogP contribution in [0.1, 0.15) is 31.1 Å². The number of aromatic hydroxyl groups is 2. The molecule has 0 saturated carbocycles. The fraction of sp³-hybridized carbons (Fsp3) is 0.500. The summed E-state index contributed by atoms with van der Waals surface area (Å²) < 4.78 is 0. The van der Waals surface area contributed by atoms with Crippen LogP contribution in [0.2, 0.25) is 0 Å². The average molecular weight is 251 g/mol. The number of benzene rings is 1. The van der Waals surface area contributed by atoms with Crippen molar-refractivity contribution in [2.75, 3.05) is 13.6 Å². The third-order valence-corrected chi connectivity index (χ3v) is 3.33. The van der Waals surface area contributed by atoms with Crippen molar-refractivity contribution in [3.05, 3.63) is 23.8 Å². The van der Waals surface area contributed by atoms with Gasteiger partial charge >= 0.3 is 0 Å². The molecular formula is C14H21NO3. The molecule has 0 bridgehead atoms. The van der Waals surface area contributed by atoms with Gasteiger partial charge in [0, 0.05) is 12.1 Å². The number of carbonyl (C=O) groups excluding carboxylic acids is 1. The molecule has 0 radical (unpaired) electrons. The van der Waals surface area contributed by atoms with Gasteiger partial charge in [0.2, 0.25) is 0 Å². The van der Waals surface area contributed by atoms with Gasteiger partial charge in [0.1, 0.15) is 11.5 Å². The van der Waals surface area contributed by atoms with E-state index in [2.05, 4.69) is 20.8 Å². The number of Topliss-reactive ketones (excluding diaryl/α,β-unsaturated/α-hetero) is 1. The molecule has 1 atom stereocenters. The highest BCUT2D eigenvalue weighted by atomic mass is 16.3. The summed E-state index contributed by atoms with van der Waals surface area (Å²) >= 11 is 0. The topological polar surface area (TPSA) is 60.8 Å². The molecule has 1 aromatic rings. The van der Waals surface area contributed by atoms with Crippen molar-refractivity contribution in [2.24, 2.45) is 5.92 Å². The zero-order chi connectivity index (χ0) is 13.9. The molecule has 0 amide bonds. The van der Waals surface area contributed by atoms with Crippen LogP contribution >= 0.6 is 0 Å². The lowest BCUT2D eigenvalue weighted by Gasteiger charge is -2.27. The van der Waals surface area contributed by atoms with Crippen LogP contribution in [-0.2, 0) is 0 Å². The first-order valence-corrected chi connectivity index (χ1v) is 6.08. The second-order valence-corrected chi connectivity index (χ2v) is 5.02. The highest BCUT2D eigenvalue weighted by Crippen LogP contribution is 2.23. The van der Waals surface area contributed by atoms with Gasteiger partial charge in [-0.05, 0) is 32.0 Å². The van der Waals surface area contributed by atoms with Gasteiger partial charge < -0.3 is 10.2 Å². The highest BCUT2D eigenvalue weighted by Gasteiger charge is 2.18. The zero-order valence-corrected chi connectivity index (χ0v) is 11.3. The highest BCUT2D eigenvalue weighted by molar-refractivity contribution is 6.00. The minimum absolute atomic E-state index is 0.0482. The Morgan fingerprint density at radius 3 is 2.39 bits per heavy atom. The number of carbonyl (C=O) groups is 1. The molecule has 0 aromatic heterocycles. The van der Waals surface area contributed by atoms with Gasteiger partial charge in [-0.15, -0.1) is 0 Å². The maximum absolute atomic E-state index is 12.0. The summed E-state index contributed by atoms with van der Waals surface area (Å²) in [6, 6.07) is 4.31.